The second-order valence-electron chi connectivity index (χ2n) is 5.46. The van der Waals surface area contributed by atoms with Crippen LogP contribution in [0.25, 0.3) is 0 Å². The summed E-state index contributed by atoms with van der Waals surface area (Å²) in [7, 11) is 2.01. The third-order valence-corrected chi connectivity index (χ3v) is 4.24. The minimum Gasteiger partial charge on any atom is -0.472 e. The molecule has 1 unspecified atom stereocenters. The molecule has 0 bridgehead atoms. The lowest BCUT2D eigenvalue weighted by atomic mass is 9.74. The van der Waals surface area contributed by atoms with Gasteiger partial charge in [0.15, 0.2) is 0 Å². The first-order valence-electron chi connectivity index (χ1n) is 7.05. The molecule has 0 aromatic carbocycles. The lowest BCUT2D eigenvalue weighted by Gasteiger charge is -2.44. The quantitative estimate of drug-likeness (QED) is 0.869. The molecule has 0 aliphatic heterocycles. The van der Waals surface area contributed by atoms with Crippen molar-refractivity contribution in [2.24, 2.45) is 5.92 Å². The maximum Gasteiger partial charge on any atom is 0.0951 e. The molecule has 0 saturated heterocycles. The van der Waals surface area contributed by atoms with Crippen molar-refractivity contribution in [2.45, 2.75) is 51.2 Å². The molecule has 0 amide bonds. The first-order valence-corrected chi connectivity index (χ1v) is 7.05. The Balaban J connectivity index is 2.22. The van der Waals surface area contributed by atoms with E-state index in [2.05, 4.69) is 19.2 Å². The molecule has 2 rings (SSSR count). The zero-order valence-electron chi connectivity index (χ0n) is 11.7. The van der Waals surface area contributed by atoms with Crippen molar-refractivity contribution >= 4 is 0 Å². The highest BCUT2D eigenvalue weighted by molar-refractivity contribution is 5.17. The Bertz CT molecular complexity index is 339. The fourth-order valence-corrected chi connectivity index (χ4v) is 3.23. The van der Waals surface area contributed by atoms with Gasteiger partial charge in [-0.3, -0.25) is 0 Å². The van der Waals surface area contributed by atoms with E-state index in [9.17, 15) is 0 Å². The minimum atomic E-state index is -0.0696. The topological polar surface area (TPSA) is 34.4 Å². The number of furan rings is 1. The van der Waals surface area contributed by atoms with Gasteiger partial charge in [-0.1, -0.05) is 6.92 Å². The van der Waals surface area contributed by atoms with E-state index in [-0.39, 0.29) is 11.6 Å². The van der Waals surface area contributed by atoms with Gasteiger partial charge in [0.05, 0.1) is 24.2 Å². The third-order valence-electron chi connectivity index (χ3n) is 4.24. The van der Waals surface area contributed by atoms with Crippen LogP contribution in [0.1, 0.15) is 51.1 Å². The van der Waals surface area contributed by atoms with Gasteiger partial charge in [-0.05, 0) is 51.6 Å². The van der Waals surface area contributed by atoms with Gasteiger partial charge < -0.3 is 14.5 Å². The van der Waals surface area contributed by atoms with Crippen molar-refractivity contribution in [3.05, 3.63) is 24.2 Å². The van der Waals surface area contributed by atoms with Gasteiger partial charge in [0.25, 0.3) is 0 Å². The summed E-state index contributed by atoms with van der Waals surface area (Å²) >= 11 is 0. The maximum atomic E-state index is 6.19. The summed E-state index contributed by atoms with van der Waals surface area (Å²) in [5, 5.41) is 3.43. The van der Waals surface area contributed by atoms with E-state index in [1.165, 1.54) is 18.4 Å². The summed E-state index contributed by atoms with van der Waals surface area (Å²) in [4.78, 5) is 0. The first-order chi connectivity index (χ1) is 8.72. The van der Waals surface area contributed by atoms with E-state index in [0.717, 1.165) is 25.4 Å². The third kappa shape index (κ3) is 2.62. The molecule has 3 heteroatoms. The Kier molecular flexibility index (Phi) is 4.46. The maximum absolute atomic E-state index is 6.19. The second kappa shape index (κ2) is 5.89. The lowest BCUT2D eigenvalue weighted by Crippen LogP contribution is -2.47. The van der Waals surface area contributed by atoms with Crippen molar-refractivity contribution in [1.82, 2.24) is 5.32 Å². The Labute approximate surface area is 110 Å². The molecule has 1 aromatic heterocycles. The molecule has 1 aromatic rings. The van der Waals surface area contributed by atoms with E-state index >= 15 is 0 Å². The molecule has 1 heterocycles. The minimum absolute atomic E-state index is 0.0696. The molecule has 1 aliphatic carbocycles. The van der Waals surface area contributed by atoms with Crippen LogP contribution in [0.2, 0.25) is 0 Å². The molecule has 1 N–H and O–H groups in total. The average Bonchev–Trinajstić information content (AvgIpc) is 2.88. The largest absolute Gasteiger partial charge is 0.472 e. The van der Waals surface area contributed by atoms with Gasteiger partial charge in [0.2, 0.25) is 0 Å². The van der Waals surface area contributed by atoms with Crippen molar-refractivity contribution in [3.63, 3.8) is 0 Å². The van der Waals surface area contributed by atoms with Crippen molar-refractivity contribution in [1.29, 1.82) is 0 Å². The predicted molar refractivity (Wildman–Crippen MR) is 72.5 cm³/mol. The summed E-state index contributed by atoms with van der Waals surface area (Å²) in [6, 6.07) is 2.27. The number of nitrogens with one attached hydrogen (secondary N) is 1. The summed E-state index contributed by atoms with van der Waals surface area (Å²) in [5.74, 6) is 0.820. The number of rotatable bonds is 5. The highest BCUT2D eigenvalue weighted by Crippen LogP contribution is 2.43. The van der Waals surface area contributed by atoms with Crippen LogP contribution in [0.5, 0.6) is 0 Å². The van der Waals surface area contributed by atoms with E-state index in [1.807, 2.05) is 19.4 Å². The van der Waals surface area contributed by atoms with Crippen LogP contribution in [0.3, 0.4) is 0 Å². The molecule has 1 aliphatic rings. The molecule has 1 atom stereocenters. The molecule has 3 nitrogen and oxygen atoms in total. The monoisotopic (exact) mass is 251 g/mol. The smallest absolute Gasteiger partial charge is 0.0951 e. The first kappa shape index (κ1) is 13.6. The summed E-state index contributed by atoms with van der Waals surface area (Å²) in [6.07, 6.45) is 8.31. The van der Waals surface area contributed by atoms with Crippen molar-refractivity contribution < 1.29 is 9.15 Å². The van der Waals surface area contributed by atoms with Crippen LogP contribution in [0, 0.1) is 5.92 Å². The Morgan fingerprint density at radius 2 is 2.22 bits per heavy atom. The number of likely N-dealkylation sites (N-methyl/N-ethyl adjacent to an activating group) is 1. The summed E-state index contributed by atoms with van der Waals surface area (Å²) in [5.41, 5.74) is 1.13. The highest BCUT2D eigenvalue weighted by atomic mass is 16.5. The average molecular weight is 251 g/mol. The second-order valence-corrected chi connectivity index (χ2v) is 5.46. The van der Waals surface area contributed by atoms with Crippen LogP contribution in [0.15, 0.2) is 23.0 Å². The molecular formula is C15H25NO2. The SMILES string of the molecule is CCOC1(C(NC)c2ccoc2)CCC(C)CC1. The lowest BCUT2D eigenvalue weighted by molar-refractivity contribution is -0.0963. The fraction of sp³-hybridized carbons (Fsp3) is 0.733. The fourth-order valence-electron chi connectivity index (χ4n) is 3.23. The van der Waals surface area contributed by atoms with E-state index < -0.39 is 0 Å². The molecule has 1 saturated carbocycles. The Morgan fingerprint density at radius 3 is 2.72 bits per heavy atom. The van der Waals surface area contributed by atoms with E-state index in [4.69, 9.17) is 9.15 Å². The van der Waals surface area contributed by atoms with E-state index in [0.29, 0.717) is 0 Å². The van der Waals surface area contributed by atoms with Crippen LogP contribution in [0.4, 0.5) is 0 Å². The summed E-state index contributed by atoms with van der Waals surface area (Å²) < 4.78 is 11.4. The van der Waals surface area contributed by atoms with Crippen molar-refractivity contribution in [2.75, 3.05) is 13.7 Å². The van der Waals surface area contributed by atoms with Gasteiger partial charge in [-0.2, -0.15) is 0 Å². The number of ether oxygens (including phenoxy) is 1. The van der Waals surface area contributed by atoms with Gasteiger partial charge >= 0.3 is 0 Å². The van der Waals surface area contributed by atoms with Gasteiger partial charge in [0.1, 0.15) is 0 Å². The Hall–Kier alpha value is -0.800. The molecule has 18 heavy (non-hydrogen) atoms. The zero-order chi connectivity index (χ0) is 13.0. The highest BCUT2D eigenvalue weighted by Gasteiger charge is 2.42. The molecular weight excluding hydrogens is 226 g/mol. The van der Waals surface area contributed by atoms with Crippen LogP contribution < -0.4 is 5.32 Å². The molecule has 1 fully saturated rings. The standard InChI is InChI=1S/C15H25NO2/c1-4-18-15(8-5-12(2)6-9-15)14(16-3)13-7-10-17-11-13/h7,10-12,14,16H,4-6,8-9H2,1-3H3. The molecule has 0 spiro atoms. The van der Waals surface area contributed by atoms with E-state index in [1.54, 1.807) is 6.26 Å². The van der Waals surface area contributed by atoms with Crippen LogP contribution in [-0.4, -0.2) is 19.3 Å². The zero-order valence-corrected chi connectivity index (χ0v) is 11.7. The Morgan fingerprint density at radius 1 is 1.50 bits per heavy atom. The van der Waals surface area contributed by atoms with Gasteiger partial charge in [-0.25, -0.2) is 0 Å². The summed E-state index contributed by atoms with van der Waals surface area (Å²) in [6.45, 7) is 5.19. The number of hydrogen-bond acceptors (Lipinski definition) is 3. The normalized spacial score (nSPS) is 30.3. The van der Waals surface area contributed by atoms with Crippen molar-refractivity contribution in [3.8, 4) is 0 Å². The van der Waals surface area contributed by atoms with Crippen LogP contribution >= 0.6 is 0 Å². The predicted octanol–water partition coefficient (Wildman–Crippen LogP) is 3.53. The van der Waals surface area contributed by atoms with Crippen LogP contribution in [-0.2, 0) is 4.74 Å². The van der Waals surface area contributed by atoms with Gasteiger partial charge in [-0.15, -0.1) is 0 Å². The number of hydrogen-bond donors (Lipinski definition) is 1. The molecule has 102 valence electrons. The van der Waals surface area contributed by atoms with Gasteiger partial charge in [0, 0.05) is 12.2 Å². The molecule has 0 radical (unpaired) electrons.